The molecule has 3 aromatic rings. The molecule has 1 aromatic heterocycles. The topological polar surface area (TPSA) is 36.1 Å². The minimum absolute atomic E-state index is 0.0333. The van der Waals surface area contributed by atoms with Crippen LogP contribution in [0.1, 0.15) is 16.7 Å². The molecule has 0 aliphatic carbocycles. The Bertz CT molecular complexity index is 999. The summed E-state index contributed by atoms with van der Waals surface area (Å²) in [4.78, 5) is 0.363. The number of aliphatic hydroxyl groups excluding tert-OH is 1. The summed E-state index contributed by atoms with van der Waals surface area (Å²) in [5, 5.41) is 14.1. The highest BCUT2D eigenvalue weighted by Gasteiger charge is 2.24. The molecule has 2 aromatic carbocycles. The van der Waals surface area contributed by atoms with Crippen molar-refractivity contribution >= 4 is 34.3 Å². The number of nitrogens with one attached hydrogen (secondary N) is 1. The van der Waals surface area contributed by atoms with Crippen molar-refractivity contribution in [3.05, 3.63) is 95.6 Å². The van der Waals surface area contributed by atoms with Crippen molar-refractivity contribution in [1.82, 2.24) is 0 Å². The Morgan fingerprint density at radius 1 is 1.00 bits per heavy atom. The summed E-state index contributed by atoms with van der Waals surface area (Å²) in [7, 11) is 0. The van der Waals surface area contributed by atoms with Gasteiger partial charge in [0.2, 0.25) is 0 Å². The molecular formula is C22H20FN2OS+. The van der Waals surface area contributed by atoms with E-state index in [4.69, 9.17) is 12.2 Å². The molecule has 0 spiro atoms. The van der Waals surface area contributed by atoms with Crippen molar-refractivity contribution in [2.75, 3.05) is 5.32 Å². The number of aliphatic hydroxyl groups is 1. The van der Waals surface area contributed by atoms with E-state index in [1.807, 2.05) is 50.2 Å². The standard InChI is InChI=1S/C22H19FN2OS/c1-15-6-7-16(2)19(14-15)24-22(27)20(25-12-4-3-5-13-25)21(26)17-8-10-18(23)11-9-17/h3-14H,1-2H3,(H-,24,26,27)/p+1. The lowest BCUT2D eigenvalue weighted by Gasteiger charge is -2.12. The summed E-state index contributed by atoms with van der Waals surface area (Å²) in [6, 6.07) is 17.3. The smallest absolute Gasteiger partial charge is 0.288 e. The number of rotatable bonds is 4. The Morgan fingerprint density at radius 2 is 1.67 bits per heavy atom. The number of nitrogens with zero attached hydrogens (tertiary/aromatic N) is 1. The van der Waals surface area contributed by atoms with Crippen molar-refractivity contribution in [1.29, 1.82) is 0 Å². The molecule has 0 atom stereocenters. The molecule has 27 heavy (non-hydrogen) atoms. The first kappa shape index (κ1) is 18.7. The molecule has 0 saturated carbocycles. The fourth-order valence-corrected chi connectivity index (χ4v) is 3.00. The molecule has 136 valence electrons. The van der Waals surface area contributed by atoms with Crippen LogP contribution in [-0.2, 0) is 0 Å². The number of thiocarbonyl (C=S) groups is 1. The van der Waals surface area contributed by atoms with Crippen LogP contribution < -0.4 is 9.88 Å². The summed E-state index contributed by atoms with van der Waals surface area (Å²) in [5.41, 5.74) is 3.92. The number of pyridine rings is 1. The summed E-state index contributed by atoms with van der Waals surface area (Å²) in [6.45, 7) is 4.00. The molecule has 0 radical (unpaired) electrons. The quantitative estimate of drug-likeness (QED) is 0.288. The van der Waals surface area contributed by atoms with Gasteiger partial charge in [-0.15, -0.1) is 0 Å². The monoisotopic (exact) mass is 379 g/mol. The van der Waals surface area contributed by atoms with E-state index >= 15 is 0 Å². The zero-order valence-corrected chi connectivity index (χ0v) is 15.9. The normalized spacial score (nSPS) is 11.7. The van der Waals surface area contributed by atoms with E-state index in [1.54, 1.807) is 17.0 Å². The first-order chi connectivity index (χ1) is 13.0. The van der Waals surface area contributed by atoms with Crippen LogP contribution in [0.15, 0.2) is 73.1 Å². The third-order valence-electron chi connectivity index (χ3n) is 4.17. The third-order valence-corrected chi connectivity index (χ3v) is 4.47. The highest BCUT2D eigenvalue weighted by Crippen LogP contribution is 2.21. The van der Waals surface area contributed by atoms with Gasteiger partial charge in [0.15, 0.2) is 23.1 Å². The summed E-state index contributed by atoms with van der Waals surface area (Å²) in [6.07, 6.45) is 3.60. The predicted octanol–water partition coefficient (Wildman–Crippen LogP) is 5.05. The Kier molecular flexibility index (Phi) is 5.62. The maximum atomic E-state index is 13.3. The molecule has 0 fully saturated rings. The SMILES string of the molecule is Cc1ccc(C)c(NC(=S)C(=C(O)c2ccc(F)cc2)[n+]2ccccc2)c1. The van der Waals surface area contributed by atoms with E-state index in [-0.39, 0.29) is 11.6 Å². The lowest BCUT2D eigenvalue weighted by molar-refractivity contribution is -0.575. The van der Waals surface area contributed by atoms with Crippen LogP contribution in [0, 0.1) is 19.7 Å². The number of halogens is 1. The van der Waals surface area contributed by atoms with E-state index < -0.39 is 0 Å². The number of aryl methyl sites for hydroxylation is 2. The molecule has 2 N–H and O–H groups in total. The van der Waals surface area contributed by atoms with E-state index in [1.165, 1.54) is 24.3 Å². The van der Waals surface area contributed by atoms with Crippen LogP contribution in [0.4, 0.5) is 10.1 Å². The van der Waals surface area contributed by atoms with Crippen LogP contribution in [0.3, 0.4) is 0 Å². The van der Waals surface area contributed by atoms with Crippen LogP contribution in [0.5, 0.6) is 0 Å². The van der Waals surface area contributed by atoms with Crippen molar-refractivity contribution in [2.45, 2.75) is 13.8 Å². The average Bonchev–Trinajstić information content (AvgIpc) is 2.66. The first-order valence-corrected chi connectivity index (χ1v) is 8.91. The van der Waals surface area contributed by atoms with Gasteiger partial charge in [0.25, 0.3) is 5.70 Å². The predicted molar refractivity (Wildman–Crippen MR) is 111 cm³/mol. The van der Waals surface area contributed by atoms with E-state index in [0.29, 0.717) is 16.2 Å². The van der Waals surface area contributed by atoms with Gasteiger partial charge in [-0.25, -0.2) is 4.39 Å². The van der Waals surface area contributed by atoms with Crippen LogP contribution in [0.25, 0.3) is 11.5 Å². The van der Waals surface area contributed by atoms with Crippen molar-refractivity contribution < 1.29 is 14.1 Å². The molecule has 0 bridgehead atoms. The largest absolute Gasteiger partial charge is 0.502 e. The minimum Gasteiger partial charge on any atom is -0.502 e. The van der Waals surface area contributed by atoms with Gasteiger partial charge in [-0.1, -0.05) is 30.4 Å². The number of benzene rings is 2. The van der Waals surface area contributed by atoms with Crippen LogP contribution in [0.2, 0.25) is 0 Å². The van der Waals surface area contributed by atoms with Gasteiger partial charge in [-0.2, -0.15) is 4.57 Å². The van der Waals surface area contributed by atoms with E-state index in [9.17, 15) is 9.50 Å². The molecule has 0 unspecified atom stereocenters. The molecule has 3 rings (SSSR count). The maximum Gasteiger partial charge on any atom is 0.288 e. The van der Waals surface area contributed by atoms with Crippen LogP contribution in [-0.4, -0.2) is 10.1 Å². The number of hydrogen-bond donors (Lipinski definition) is 2. The van der Waals surface area contributed by atoms with Crippen LogP contribution >= 0.6 is 12.2 Å². The number of anilines is 1. The molecule has 0 amide bonds. The van der Waals surface area contributed by atoms with Gasteiger partial charge < -0.3 is 10.4 Å². The average molecular weight is 379 g/mol. The summed E-state index contributed by atoms with van der Waals surface area (Å²) >= 11 is 5.62. The summed E-state index contributed by atoms with van der Waals surface area (Å²) < 4.78 is 15.0. The van der Waals surface area contributed by atoms with Gasteiger partial charge in [-0.05, 0) is 55.3 Å². The number of aromatic nitrogens is 1. The van der Waals surface area contributed by atoms with E-state index in [0.717, 1.165) is 16.8 Å². The van der Waals surface area contributed by atoms with Gasteiger partial charge in [0, 0.05) is 23.4 Å². The van der Waals surface area contributed by atoms with Gasteiger partial charge in [-0.3, -0.25) is 0 Å². The van der Waals surface area contributed by atoms with Crippen molar-refractivity contribution in [3.63, 3.8) is 0 Å². The molecule has 0 aliphatic rings. The molecular weight excluding hydrogens is 359 g/mol. The number of hydrogen-bond acceptors (Lipinski definition) is 2. The van der Waals surface area contributed by atoms with Gasteiger partial charge >= 0.3 is 0 Å². The maximum absolute atomic E-state index is 13.3. The molecule has 0 aliphatic heterocycles. The third kappa shape index (κ3) is 4.38. The molecule has 3 nitrogen and oxygen atoms in total. The molecule has 5 heteroatoms. The zero-order valence-electron chi connectivity index (χ0n) is 15.1. The summed E-state index contributed by atoms with van der Waals surface area (Å²) in [5.74, 6) is -0.398. The second kappa shape index (κ2) is 8.10. The van der Waals surface area contributed by atoms with Gasteiger partial charge in [0.1, 0.15) is 5.82 Å². The Balaban J connectivity index is 2.07. The Hall–Kier alpha value is -3.05. The highest BCUT2D eigenvalue weighted by molar-refractivity contribution is 7.81. The van der Waals surface area contributed by atoms with Crippen molar-refractivity contribution in [2.24, 2.45) is 0 Å². The fraction of sp³-hybridized carbons (Fsp3) is 0.0909. The highest BCUT2D eigenvalue weighted by atomic mass is 32.1. The van der Waals surface area contributed by atoms with Gasteiger partial charge in [0.05, 0.1) is 0 Å². The molecule has 0 saturated heterocycles. The lowest BCUT2D eigenvalue weighted by Crippen LogP contribution is -2.38. The zero-order chi connectivity index (χ0) is 19.4. The van der Waals surface area contributed by atoms with Crippen molar-refractivity contribution in [3.8, 4) is 0 Å². The Morgan fingerprint density at radius 3 is 2.33 bits per heavy atom. The Labute approximate surface area is 163 Å². The fourth-order valence-electron chi connectivity index (χ4n) is 2.69. The first-order valence-electron chi connectivity index (χ1n) is 8.50. The second-order valence-electron chi connectivity index (χ2n) is 6.26. The van der Waals surface area contributed by atoms with E-state index in [2.05, 4.69) is 5.32 Å². The second-order valence-corrected chi connectivity index (χ2v) is 6.67. The minimum atomic E-state index is -0.364. The molecule has 1 heterocycles. The lowest BCUT2D eigenvalue weighted by atomic mass is 10.1.